The molecule has 0 saturated heterocycles. The van der Waals surface area contributed by atoms with Crippen LogP contribution in [-0.2, 0) is 17.9 Å². The zero-order valence-electron chi connectivity index (χ0n) is 15.0. The lowest BCUT2D eigenvalue weighted by Gasteiger charge is -2.23. The third-order valence-corrected chi connectivity index (χ3v) is 4.91. The van der Waals surface area contributed by atoms with Gasteiger partial charge >= 0.3 is 0 Å². The van der Waals surface area contributed by atoms with Crippen LogP contribution in [0.2, 0.25) is 0 Å². The minimum Gasteiger partial charge on any atom is -0.497 e. The highest BCUT2D eigenvalue weighted by Gasteiger charge is 2.32. The van der Waals surface area contributed by atoms with E-state index in [1.165, 1.54) is 0 Å². The summed E-state index contributed by atoms with van der Waals surface area (Å²) in [7, 11) is 1.66. The van der Waals surface area contributed by atoms with Crippen molar-refractivity contribution in [3.8, 4) is 5.75 Å². The molecule has 1 saturated carbocycles. The standard InChI is InChI=1S/C21H23N3O2/c1-26-18-10-6-16(7-11-18)14-24(17-8-9-17)21(25)12-13-23-15-22-19-4-2-3-5-20(19)23/h2-7,10-11,15,17H,8-9,12-14H2,1H3. The summed E-state index contributed by atoms with van der Waals surface area (Å²) in [5, 5.41) is 0. The number of para-hydroxylation sites is 2. The van der Waals surface area contributed by atoms with E-state index in [9.17, 15) is 4.79 Å². The molecule has 4 rings (SSSR count). The molecular weight excluding hydrogens is 326 g/mol. The highest BCUT2D eigenvalue weighted by Crippen LogP contribution is 2.29. The first-order valence-electron chi connectivity index (χ1n) is 9.07. The van der Waals surface area contributed by atoms with E-state index in [0.717, 1.165) is 35.2 Å². The van der Waals surface area contributed by atoms with Crippen molar-refractivity contribution in [3.05, 3.63) is 60.4 Å². The van der Waals surface area contributed by atoms with E-state index in [-0.39, 0.29) is 5.91 Å². The number of nitrogens with zero attached hydrogens (tertiary/aromatic N) is 3. The SMILES string of the molecule is COc1ccc(CN(C(=O)CCn2cnc3ccccc32)C2CC2)cc1. The molecule has 0 bridgehead atoms. The highest BCUT2D eigenvalue weighted by atomic mass is 16.5. The second-order valence-corrected chi connectivity index (χ2v) is 6.78. The summed E-state index contributed by atoms with van der Waals surface area (Å²) in [5.74, 6) is 1.05. The monoisotopic (exact) mass is 349 g/mol. The molecule has 26 heavy (non-hydrogen) atoms. The molecule has 1 aromatic heterocycles. The maximum absolute atomic E-state index is 12.9. The van der Waals surface area contributed by atoms with Crippen molar-refractivity contribution < 1.29 is 9.53 Å². The minimum atomic E-state index is 0.209. The summed E-state index contributed by atoms with van der Waals surface area (Å²) in [5.41, 5.74) is 3.18. The molecule has 1 fully saturated rings. The van der Waals surface area contributed by atoms with Gasteiger partial charge in [0.2, 0.25) is 5.91 Å². The molecule has 134 valence electrons. The maximum atomic E-state index is 12.9. The summed E-state index contributed by atoms with van der Waals surface area (Å²) >= 11 is 0. The van der Waals surface area contributed by atoms with Crippen molar-refractivity contribution in [1.29, 1.82) is 0 Å². The molecule has 5 nitrogen and oxygen atoms in total. The number of fused-ring (bicyclic) bond motifs is 1. The van der Waals surface area contributed by atoms with Crippen LogP contribution in [0, 0.1) is 0 Å². The fourth-order valence-electron chi connectivity index (χ4n) is 3.28. The largest absolute Gasteiger partial charge is 0.497 e. The first-order chi connectivity index (χ1) is 12.7. The maximum Gasteiger partial charge on any atom is 0.224 e. The fourth-order valence-corrected chi connectivity index (χ4v) is 3.28. The van der Waals surface area contributed by atoms with Gasteiger partial charge in [-0.25, -0.2) is 4.98 Å². The second-order valence-electron chi connectivity index (χ2n) is 6.78. The van der Waals surface area contributed by atoms with Crippen LogP contribution < -0.4 is 4.74 Å². The number of benzene rings is 2. The van der Waals surface area contributed by atoms with Crippen molar-refractivity contribution in [1.82, 2.24) is 14.5 Å². The van der Waals surface area contributed by atoms with Gasteiger partial charge < -0.3 is 14.2 Å². The summed E-state index contributed by atoms with van der Waals surface area (Å²) in [6.45, 7) is 1.32. The van der Waals surface area contributed by atoms with E-state index < -0.39 is 0 Å². The number of aryl methyl sites for hydroxylation is 1. The molecule has 2 aromatic carbocycles. The van der Waals surface area contributed by atoms with E-state index in [0.29, 0.717) is 25.6 Å². The Balaban J connectivity index is 1.42. The van der Waals surface area contributed by atoms with Crippen molar-refractivity contribution in [2.75, 3.05) is 7.11 Å². The molecule has 0 spiro atoms. The van der Waals surface area contributed by atoms with Gasteiger partial charge in [0.05, 0.1) is 24.5 Å². The zero-order valence-corrected chi connectivity index (χ0v) is 15.0. The molecule has 5 heteroatoms. The van der Waals surface area contributed by atoms with E-state index in [4.69, 9.17) is 4.74 Å². The van der Waals surface area contributed by atoms with Crippen molar-refractivity contribution in [2.45, 2.75) is 38.4 Å². The highest BCUT2D eigenvalue weighted by molar-refractivity contribution is 5.78. The Labute approximate surface area is 153 Å². The second kappa shape index (κ2) is 7.20. The predicted molar refractivity (Wildman–Crippen MR) is 101 cm³/mol. The molecule has 1 amide bonds. The Morgan fingerprint density at radius 3 is 2.69 bits per heavy atom. The summed E-state index contributed by atoms with van der Waals surface area (Å²) in [6.07, 6.45) is 4.53. The van der Waals surface area contributed by atoms with Gasteiger partial charge in [-0.15, -0.1) is 0 Å². The van der Waals surface area contributed by atoms with Gasteiger partial charge in [0.25, 0.3) is 0 Å². The van der Waals surface area contributed by atoms with Gasteiger partial charge in [0, 0.05) is 25.6 Å². The average Bonchev–Trinajstić information content (AvgIpc) is 3.44. The lowest BCUT2D eigenvalue weighted by molar-refractivity contribution is -0.132. The van der Waals surface area contributed by atoms with Gasteiger partial charge in [0.1, 0.15) is 5.75 Å². The molecule has 1 heterocycles. The molecule has 1 aliphatic rings. The number of imidazole rings is 1. The van der Waals surface area contributed by atoms with E-state index in [1.807, 2.05) is 59.8 Å². The van der Waals surface area contributed by atoms with E-state index >= 15 is 0 Å². The van der Waals surface area contributed by atoms with Crippen LogP contribution in [0.15, 0.2) is 54.9 Å². The Hall–Kier alpha value is -2.82. The van der Waals surface area contributed by atoms with Crippen LogP contribution in [0.1, 0.15) is 24.8 Å². The van der Waals surface area contributed by atoms with E-state index in [2.05, 4.69) is 9.55 Å². The van der Waals surface area contributed by atoms with Crippen molar-refractivity contribution in [3.63, 3.8) is 0 Å². The smallest absolute Gasteiger partial charge is 0.224 e. The normalized spacial score (nSPS) is 13.7. The van der Waals surface area contributed by atoms with Crippen LogP contribution in [0.5, 0.6) is 5.75 Å². The fraction of sp³-hybridized carbons (Fsp3) is 0.333. The first-order valence-corrected chi connectivity index (χ1v) is 9.07. The number of aromatic nitrogens is 2. The van der Waals surface area contributed by atoms with Crippen LogP contribution in [0.4, 0.5) is 0 Å². The van der Waals surface area contributed by atoms with Gasteiger partial charge in [-0.2, -0.15) is 0 Å². The van der Waals surface area contributed by atoms with Gasteiger partial charge in [-0.1, -0.05) is 24.3 Å². The average molecular weight is 349 g/mol. The minimum absolute atomic E-state index is 0.209. The van der Waals surface area contributed by atoms with Crippen LogP contribution >= 0.6 is 0 Å². The lowest BCUT2D eigenvalue weighted by atomic mass is 10.2. The van der Waals surface area contributed by atoms with Gasteiger partial charge in [-0.3, -0.25) is 4.79 Å². The number of hydrogen-bond acceptors (Lipinski definition) is 3. The summed E-state index contributed by atoms with van der Waals surface area (Å²) in [6, 6.07) is 16.4. The number of methoxy groups -OCH3 is 1. The predicted octanol–water partition coefficient (Wildman–Crippen LogP) is 3.63. The number of hydrogen-bond donors (Lipinski definition) is 0. The van der Waals surface area contributed by atoms with Crippen molar-refractivity contribution in [2.24, 2.45) is 0 Å². The third kappa shape index (κ3) is 3.57. The zero-order chi connectivity index (χ0) is 17.9. The topological polar surface area (TPSA) is 47.4 Å². The Morgan fingerprint density at radius 2 is 1.96 bits per heavy atom. The number of amides is 1. The molecule has 3 aromatic rings. The first kappa shape index (κ1) is 16.6. The number of carbonyl (C=O) groups is 1. The van der Waals surface area contributed by atoms with Gasteiger partial charge in [0.15, 0.2) is 0 Å². The Bertz CT molecular complexity index is 897. The molecule has 0 aliphatic heterocycles. The molecule has 0 radical (unpaired) electrons. The summed E-state index contributed by atoms with van der Waals surface area (Å²) in [4.78, 5) is 19.3. The molecular formula is C21H23N3O2. The van der Waals surface area contributed by atoms with Crippen LogP contribution in [0.3, 0.4) is 0 Å². The van der Waals surface area contributed by atoms with Crippen molar-refractivity contribution >= 4 is 16.9 Å². The summed E-state index contributed by atoms with van der Waals surface area (Å²) < 4.78 is 7.27. The van der Waals surface area contributed by atoms with E-state index in [1.54, 1.807) is 7.11 Å². The van der Waals surface area contributed by atoms with Crippen LogP contribution in [-0.4, -0.2) is 33.5 Å². The molecule has 0 N–H and O–H groups in total. The van der Waals surface area contributed by atoms with Crippen LogP contribution in [0.25, 0.3) is 11.0 Å². The quantitative estimate of drug-likeness (QED) is 0.654. The molecule has 1 aliphatic carbocycles. The number of ether oxygens (including phenoxy) is 1. The third-order valence-electron chi connectivity index (χ3n) is 4.91. The Morgan fingerprint density at radius 1 is 1.19 bits per heavy atom. The number of rotatable bonds is 7. The molecule has 0 unspecified atom stereocenters. The number of carbonyl (C=O) groups excluding carboxylic acids is 1. The Kier molecular flexibility index (Phi) is 4.61. The lowest BCUT2D eigenvalue weighted by Crippen LogP contribution is -2.33. The molecule has 0 atom stereocenters. The van der Waals surface area contributed by atoms with Gasteiger partial charge in [-0.05, 0) is 42.7 Å².